The minimum Gasteiger partial charge on any atom is -0.351 e. The highest BCUT2D eigenvalue weighted by Gasteiger charge is 2.31. The zero-order valence-corrected chi connectivity index (χ0v) is 19.4. The Labute approximate surface area is 200 Å². The van der Waals surface area contributed by atoms with E-state index in [4.69, 9.17) is 0 Å². The Bertz CT molecular complexity index is 1030. The summed E-state index contributed by atoms with van der Waals surface area (Å²) in [4.78, 5) is 38.3. The van der Waals surface area contributed by atoms with Crippen LogP contribution in [0.15, 0.2) is 53.4 Å². The highest BCUT2D eigenvalue weighted by Crippen LogP contribution is 2.30. The Kier molecular flexibility index (Phi) is 8.60. The molecule has 3 amide bonds. The molecular formula is C24H26F3N3O3S. The Morgan fingerprint density at radius 1 is 0.941 bits per heavy atom. The molecule has 1 fully saturated rings. The number of carbonyl (C=O) groups excluding carboxylic acids is 3. The van der Waals surface area contributed by atoms with E-state index in [0.29, 0.717) is 18.4 Å². The standard InChI is InChI=1S/C24H26F3N3O3S/c1-34-18-11-9-15(10-12-18)23(33)30-20-8-3-2-7-19(20)29-22(32)14-21(31)28-17-6-4-5-16(13-17)24(25,26)27/h4-6,9-13,19-20H,2-3,7-8,14H2,1H3,(H,28,31)(H,29,32)(H,30,33). The van der Waals surface area contributed by atoms with Crippen molar-refractivity contribution in [3.8, 4) is 0 Å². The molecule has 3 N–H and O–H groups in total. The first-order valence-corrected chi connectivity index (χ1v) is 12.1. The van der Waals surface area contributed by atoms with Gasteiger partial charge >= 0.3 is 6.18 Å². The number of alkyl halides is 3. The molecule has 3 rings (SSSR count). The Hall–Kier alpha value is -3.01. The van der Waals surface area contributed by atoms with Crippen molar-refractivity contribution in [1.29, 1.82) is 0 Å². The van der Waals surface area contributed by atoms with E-state index in [0.717, 1.165) is 29.9 Å². The van der Waals surface area contributed by atoms with E-state index in [1.54, 1.807) is 23.9 Å². The quantitative estimate of drug-likeness (QED) is 0.388. The van der Waals surface area contributed by atoms with E-state index < -0.39 is 30.0 Å². The maximum absolute atomic E-state index is 12.8. The predicted octanol–water partition coefficient (Wildman–Crippen LogP) is 4.61. The van der Waals surface area contributed by atoms with Crippen LogP contribution in [0.5, 0.6) is 0 Å². The number of rotatable bonds is 7. The molecule has 2 aromatic carbocycles. The largest absolute Gasteiger partial charge is 0.416 e. The van der Waals surface area contributed by atoms with Gasteiger partial charge in [0.2, 0.25) is 11.8 Å². The molecular weight excluding hydrogens is 467 g/mol. The first kappa shape index (κ1) is 25.6. The highest BCUT2D eigenvalue weighted by atomic mass is 32.2. The Morgan fingerprint density at radius 3 is 2.21 bits per heavy atom. The summed E-state index contributed by atoms with van der Waals surface area (Å²) in [6, 6.07) is 10.8. The van der Waals surface area contributed by atoms with E-state index in [2.05, 4.69) is 16.0 Å². The molecule has 0 spiro atoms. The Morgan fingerprint density at radius 2 is 1.59 bits per heavy atom. The molecule has 10 heteroatoms. The summed E-state index contributed by atoms with van der Waals surface area (Å²) in [5.41, 5.74) is -0.407. The molecule has 0 saturated heterocycles. The van der Waals surface area contributed by atoms with Crippen LogP contribution in [-0.4, -0.2) is 36.1 Å². The number of carbonyl (C=O) groups is 3. The summed E-state index contributed by atoms with van der Waals surface area (Å²) < 4.78 is 38.5. The fraction of sp³-hybridized carbons (Fsp3) is 0.375. The predicted molar refractivity (Wildman–Crippen MR) is 125 cm³/mol. The molecule has 34 heavy (non-hydrogen) atoms. The van der Waals surface area contributed by atoms with E-state index in [9.17, 15) is 27.6 Å². The van der Waals surface area contributed by atoms with Crippen molar-refractivity contribution in [2.75, 3.05) is 11.6 Å². The lowest BCUT2D eigenvalue weighted by Gasteiger charge is -2.32. The average Bonchev–Trinajstić information content (AvgIpc) is 2.80. The monoisotopic (exact) mass is 493 g/mol. The molecule has 182 valence electrons. The van der Waals surface area contributed by atoms with Crippen molar-refractivity contribution in [2.45, 2.75) is 55.3 Å². The number of nitrogens with one attached hydrogen (secondary N) is 3. The Balaban J connectivity index is 1.54. The lowest BCUT2D eigenvalue weighted by Crippen LogP contribution is -2.53. The maximum atomic E-state index is 12.8. The number of thioether (sulfide) groups is 1. The number of halogens is 3. The highest BCUT2D eigenvalue weighted by molar-refractivity contribution is 7.98. The van der Waals surface area contributed by atoms with Crippen LogP contribution in [0.3, 0.4) is 0 Å². The second kappa shape index (κ2) is 11.4. The van der Waals surface area contributed by atoms with Gasteiger partial charge in [0, 0.05) is 28.2 Å². The van der Waals surface area contributed by atoms with Crippen LogP contribution < -0.4 is 16.0 Å². The van der Waals surface area contributed by atoms with Crippen LogP contribution in [0, 0.1) is 0 Å². The summed E-state index contributed by atoms with van der Waals surface area (Å²) in [5.74, 6) is -1.51. The molecule has 2 unspecified atom stereocenters. The van der Waals surface area contributed by atoms with Crippen LogP contribution in [0.1, 0.15) is 48.0 Å². The van der Waals surface area contributed by atoms with Crippen molar-refractivity contribution in [1.82, 2.24) is 10.6 Å². The average molecular weight is 494 g/mol. The molecule has 1 aliphatic rings. The van der Waals surface area contributed by atoms with Gasteiger partial charge < -0.3 is 16.0 Å². The van der Waals surface area contributed by atoms with Crippen LogP contribution >= 0.6 is 11.8 Å². The minimum absolute atomic E-state index is 0.0390. The molecule has 0 aliphatic heterocycles. The van der Waals surface area contributed by atoms with Crippen LogP contribution in [0.25, 0.3) is 0 Å². The maximum Gasteiger partial charge on any atom is 0.416 e. The topological polar surface area (TPSA) is 87.3 Å². The number of benzene rings is 2. The number of amides is 3. The normalized spacial score (nSPS) is 18.1. The smallest absolute Gasteiger partial charge is 0.351 e. The summed E-state index contributed by atoms with van der Waals surface area (Å²) in [6.45, 7) is 0. The fourth-order valence-corrected chi connectivity index (χ4v) is 4.26. The first-order valence-electron chi connectivity index (χ1n) is 10.9. The first-order chi connectivity index (χ1) is 16.2. The van der Waals surface area contributed by atoms with Gasteiger partial charge in [0.15, 0.2) is 0 Å². The minimum atomic E-state index is -4.53. The van der Waals surface area contributed by atoms with E-state index in [1.165, 1.54) is 12.1 Å². The van der Waals surface area contributed by atoms with Gasteiger partial charge in [0.1, 0.15) is 6.42 Å². The molecule has 0 bridgehead atoms. The molecule has 0 radical (unpaired) electrons. The van der Waals surface area contributed by atoms with Gasteiger partial charge in [0.25, 0.3) is 5.91 Å². The lowest BCUT2D eigenvalue weighted by atomic mass is 9.90. The van der Waals surface area contributed by atoms with E-state index in [-0.39, 0.29) is 23.7 Å². The van der Waals surface area contributed by atoms with Gasteiger partial charge in [-0.05, 0) is 61.6 Å². The third-order valence-corrected chi connectivity index (χ3v) is 6.32. The molecule has 0 aromatic heterocycles. The summed E-state index contributed by atoms with van der Waals surface area (Å²) in [6.07, 6.45) is -0.00827. The number of anilines is 1. The summed E-state index contributed by atoms with van der Waals surface area (Å²) in [5, 5.41) is 8.10. The third kappa shape index (κ3) is 7.24. The zero-order chi connectivity index (χ0) is 24.7. The molecule has 1 aliphatic carbocycles. The third-order valence-electron chi connectivity index (χ3n) is 5.58. The van der Waals surface area contributed by atoms with Gasteiger partial charge in [-0.1, -0.05) is 18.9 Å². The molecule has 2 atom stereocenters. The number of hydrogen-bond donors (Lipinski definition) is 3. The number of hydrogen-bond acceptors (Lipinski definition) is 4. The van der Waals surface area contributed by atoms with Gasteiger partial charge in [-0.3, -0.25) is 14.4 Å². The van der Waals surface area contributed by atoms with Gasteiger partial charge in [-0.15, -0.1) is 11.8 Å². The van der Waals surface area contributed by atoms with Gasteiger partial charge in [-0.2, -0.15) is 13.2 Å². The van der Waals surface area contributed by atoms with Gasteiger partial charge in [-0.25, -0.2) is 0 Å². The van der Waals surface area contributed by atoms with E-state index >= 15 is 0 Å². The second-order valence-corrected chi connectivity index (χ2v) is 8.95. The molecule has 6 nitrogen and oxygen atoms in total. The summed E-state index contributed by atoms with van der Waals surface area (Å²) in [7, 11) is 0. The molecule has 0 heterocycles. The SMILES string of the molecule is CSc1ccc(C(=O)NC2CCCCC2NC(=O)CC(=O)Nc2cccc(C(F)(F)F)c2)cc1. The van der Waals surface area contributed by atoms with Crippen molar-refractivity contribution >= 4 is 35.2 Å². The fourth-order valence-electron chi connectivity index (χ4n) is 3.85. The lowest BCUT2D eigenvalue weighted by molar-refractivity contribution is -0.137. The van der Waals surface area contributed by atoms with Crippen LogP contribution in [-0.2, 0) is 15.8 Å². The summed E-state index contributed by atoms with van der Waals surface area (Å²) >= 11 is 1.58. The van der Waals surface area contributed by atoms with Crippen molar-refractivity contribution in [3.05, 3.63) is 59.7 Å². The van der Waals surface area contributed by atoms with Gasteiger partial charge in [0.05, 0.1) is 5.56 Å². The molecule has 2 aromatic rings. The van der Waals surface area contributed by atoms with Crippen LogP contribution in [0.2, 0.25) is 0 Å². The van der Waals surface area contributed by atoms with Crippen molar-refractivity contribution in [2.24, 2.45) is 0 Å². The zero-order valence-electron chi connectivity index (χ0n) is 18.6. The van der Waals surface area contributed by atoms with Crippen molar-refractivity contribution in [3.63, 3.8) is 0 Å². The van der Waals surface area contributed by atoms with Crippen LogP contribution in [0.4, 0.5) is 18.9 Å². The van der Waals surface area contributed by atoms with E-state index in [1.807, 2.05) is 18.4 Å². The van der Waals surface area contributed by atoms with Crippen molar-refractivity contribution < 1.29 is 27.6 Å². The molecule has 1 saturated carbocycles. The second-order valence-electron chi connectivity index (χ2n) is 8.07.